The van der Waals surface area contributed by atoms with Crippen molar-refractivity contribution in [2.24, 2.45) is 5.16 Å². The van der Waals surface area contributed by atoms with Crippen molar-refractivity contribution >= 4 is 17.8 Å². The van der Waals surface area contributed by atoms with Crippen LogP contribution in [0.4, 0.5) is 0 Å². The second kappa shape index (κ2) is 10.2. The second-order valence-electron chi connectivity index (χ2n) is 3.83. The van der Waals surface area contributed by atoms with E-state index >= 15 is 0 Å². The highest BCUT2D eigenvalue weighted by molar-refractivity contribution is 6.30. The van der Waals surface area contributed by atoms with Gasteiger partial charge in [-0.3, -0.25) is 0 Å². The number of quaternary nitrogens is 1. The molecule has 0 atom stereocenters. The minimum absolute atomic E-state index is 0. The lowest BCUT2D eigenvalue weighted by molar-refractivity contribution is -0.896. The Morgan fingerprint density at radius 3 is 2.67 bits per heavy atom. The number of nitrogens with one attached hydrogen (secondary N) is 1. The fraction of sp³-hybridized carbons (Fsp3) is 0.462. The van der Waals surface area contributed by atoms with E-state index in [0.29, 0.717) is 11.6 Å². The zero-order valence-electron chi connectivity index (χ0n) is 10.8. The van der Waals surface area contributed by atoms with E-state index in [-0.39, 0.29) is 12.4 Å². The Hall–Kier alpha value is -0.770. The maximum atomic E-state index is 5.86. The molecular formula is C13H20Cl2N2O. The van der Waals surface area contributed by atoms with E-state index < -0.39 is 0 Å². The Balaban J connectivity index is 0.00000289. The molecule has 0 fully saturated rings. The molecular weight excluding hydrogens is 271 g/mol. The maximum absolute atomic E-state index is 5.86. The maximum Gasteiger partial charge on any atom is 0.165 e. The number of hydrogen-bond donors (Lipinski definition) is 1. The Morgan fingerprint density at radius 1 is 1.33 bits per heavy atom. The molecule has 0 spiro atoms. The van der Waals surface area contributed by atoms with Gasteiger partial charge in [-0.05, 0) is 31.5 Å². The molecule has 1 aromatic rings. The van der Waals surface area contributed by atoms with Crippen molar-refractivity contribution in [1.82, 2.24) is 0 Å². The molecule has 0 aromatic heterocycles. The van der Waals surface area contributed by atoms with Crippen molar-refractivity contribution < 1.29 is 22.1 Å². The third-order valence-corrected chi connectivity index (χ3v) is 2.91. The third kappa shape index (κ3) is 6.84. The van der Waals surface area contributed by atoms with Gasteiger partial charge in [0, 0.05) is 5.02 Å². The van der Waals surface area contributed by atoms with Crippen LogP contribution in [0, 0.1) is 0 Å². The summed E-state index contributed by atoms with van der Waals surface area (Å²) in [5, 5.41) is 4.64. The summed E-state index contributed by atoms with van der Waals surface area (Å²) < 4.78 is 0. The number of oxime groups is 1. The van der Waals surface area contributed by atoms with Crippen LogP contribution in [-0.2, 0) is 4.84 Å². The van der Waals surface area contributed by atoms with Crippen molar-refractivity contribution in [3.8, 4) is 0 Å². The lowest BCUT2D eigenvalue weighted by Crippen LogP contribution is -3.11. The van der Waals surface area contributed by atoms with Crippen LogP contribution in [-0.4, -0.2) is 32.5 Å². The van der Waals surface area contributed by atoms with Gasteiger partial charge in [-0.15, -0.1) is 0 Å². The molecule has 3 nitrogen and oxygen atoms in total. The number of rotatable bonds is 7. The molecule has 1 rings (SSSR count). The number of nitrogens with zero attached hydrogens (tertiary/aromatic N) is 1. The van der Waals surface area contributed by atoms with Crippen molar-refractivity contribution in [3.05, 3.63) is 34.9 Å². The van der Waals surface area contributed by atoms with Gasteiger partial charge < -0.3 is 22.1 Å². The topological polar surface area (TPSA) is 26.0 Å². The van der Waals surface area contributed by atoms with E-state index in [9.17, 15) is 0 Å². The van der Waals surface area contributed by atoms with Gasteiger partial charge in [0.1, 0.15) is 6.54 Å². The molecule has 0 aliphatic carbocycles. The average molecular weight is 291 g/mol. The van der Waals surface area contributed by atoms with E-state index in [1.807, 2.05) is 24.3 Å². The van der Waals surface area contributed by atoms with E-state index in [1.165, 1.54) is 4.90 Å². The standard InChI is InChI=1S/C13H19ClN2O.ClH/c1-3-16(4-2)8-9-17-15-11-12-6-5-7-13(14)10-12;/h5-7,10-11H,3-4,8-9H2,1-2H3;1H/b15-11+;. The molecule has 0 bridgehead atoms. The largest absolute Gasteiger partial charge is 1.00 e. The van der Waals surface area contributed by atoms with E-state index in [2.05, 4.69) is 19.0 Å². The molecule has 1 N–H and O–H groups in total. The van der Waals surface area contributed by atoms with Gasteiger partial charge in [-0.2, -0.15) is 0 Å². The number of halogens is 2. The fourth-order valence-corrected chi connectivity index (χ4v) is 1.73. The summed E-state index contributed by atoms with van der Waals surface area (Å²) in [5.41, 5.74) is 0.952. The van der Waals surface area contributed by atoms with Crippen LogP contribution in [0.3, 0.4) is 0 Å². The first-order valence-corrected chi connectivity index (χ1v) is 6.38. The quantitative estimate of drug-likeness (QED) is 0.374. The van der Waals surface area contributed by atoms with Crippen LogP contribution in [0.5, 0.6) is 0 Å². The smallest absolute Gasteiger partial charge is 0.165 e. The highest BCUT2D eigenvalue weighted by atomic mass is 35.5. The fourth-order valence-electron chi connectivity index (χ4n) is 1.53. The van der Waals surface area contributed by atoms with E-state index in [1.54, 1.807) is 6.21 Å². The Bertz CT molecular complexity index is 355. The van der Waals surface area contributed by atoms with Gasteiger partial charge in [0.2, 0.25) is 0 Å². The summed E-state index contributed by atoms with van der Waals surface area (Å²) in [6, 6.07) is 7.52. The highest BCUT2D eigenvalue weighted by Crippen LogP contribution is 2.08. The van der Waals surface area contributed by atoms with Crippen molar-refractivity contribution in [2.75, 3.05) is 26.2 Å². The SMILES string of the molecule is CC[NH+](CC)CCO/N=C/c1cccc(Cl)c1.[Cl-]. The number of benzene rings is 1. The molecule has 0 unspecified atom stereocenters. The van der Waals surface area contributed by atoms with Crippen LogP contribution >= 0.6 is 11.6 Å². The second-order valence-corrected chi connectivity index (χ2v) is 4.27. The van der Waals surface area contributed by atoms with Crippen LogP contribution in [0.15, 0.2) is 29.4 Å². The Morgan fingerprint density at radius 2 is 2.06 bits per heavy atom. The number of likely N-dealkylation sites (N-methyl/N-ethyl adjacent to an activating group) is 1. The molecule has 0 saturated heterocycles. The van der Waals surface area contributed by atoms with E-state index in [0.717, 1.165) is 25.2 Å². The molecule has 1 aromatic carbocycles. The molecule has 0 aliphatic heterocycles. The van der Waals surface area contributed by atoms with Crippen LogP contribution in [0.25, 0.3) is 0 Å². The predicted molar refractivity (Wildman–Crippen MR) is 71.9 cm³/mol. The summed E-state index contributed by atoms with van der Waals surface area (Å²) in [4.78, 5) is 6.73. The zero-order chi connectivity index (χ0) is 12.5. The van der Waals surface area contributed by atoms with Crippen molar-refractivity contribution in [2.45, 2.75) is 13.8 Å². The first-order chi connectivity index (χ1) is 8.26. The Labute approximate surface area is 120 Å². The van der Waals surface area contributed by atoms with Crippen LogP contribution in [0.2, 0.25) is 5.02 Å². The molecule has 102 valence electrons. The lowest BCUT2D eigenvalue weighted by Gasteiger charge is -2.13. The van der Waals surface area contributed by atoms with Gasteiger partial charge in [0.25, 0.3) is 0 Å². The van der Waals surface area contributed by atoms with Gasteiger partial charge in [-0.25, -0.2) is 0 Å². The normalized spacial score (nSPS) is 10.7. The first-order valence-electron chi connectivity index (χ1n) is 6.00. The highest BCUT2D eigenvalue weighted by Gasteiger charge is 2.00. The lowest BCUT2D eigenvalue weighted by atomic mass is 10.2. The van der Waals surface area contributed by atoms with Gasteiger partial charge in [0.05, 0.1) is 19.3 Å². The summed E-state index contributed by atoms with van der Waals surface area (Å²) in [5.74, 6) is 0. The molecule has 0 saturated carbocycles. The Kier molecular flexibility index (Phi) is 9.74. The molecule has 0 aliphatic rings. The van der Waals surface area contributed by atoms with Crippen molar-refractivity contribution in [3.63, 3.8) is 0 Å². The minimum Gasteiger partial charge on any atom is -1.00 e. The summed E-state index contributed by atoms with van der Waals surface area (Å²) >= 11 is 5.86. The van der Waals surface area contributed by atoms with Crippen LogP contribution in [0.1, 0.15) is 19.4 Å². The molecule has 5 heteroatoms. The zero-order valence-corrected chi connectivity index (χ0v) is 12.3. The monoisotopic (exact) mass is 290 g/mol. The molecule has 0 amide bonds. The molecule has 18 heavy (non-hydrogen) atoms. The predicted octanol–water partition coefficient (Wildman–Crippen LogP) is -1.38. The van der Waals surface area contributed by atoms with E-state index in [4.69, 9.17) is 16.4 Å². The average Bonchev–Trinajstić information content (AvgIpc) is 2.34. The van der Waals surface area contributed by atoms with Gasteiger partial charge >= 0.3 is 0 Å². The summed E-state index contributed by atoms with van der Waals surface area (Å²) in [7, 11) is 0. The summed E-state index contributed by atoms with van der Waals surface area (Å²) in [6.45, 7) is 8.23. The first kappa shape index (κ1) is 17.2. The van der Waals surface area contributed by atoms with Gasteiger partial charge in [-0.1, -0.05) is 28.9 Å². The minimum atomic E-state index is 0. The van der Waals surface area contributed by atoms with Gasteiger partial charge in [0.15, 0.2) is 6.61 Å². The molecule has 0 heterocycles. The van der Waals surface area contributed by atoms with Crippen LogP contribution < -0.4 is 17.3 Å². The van der Waals surface area contributed by atoms with Crippen molar-refractivity contribution in [1.29, 1.82) is 0 Å². The number of hydrogen-bond acceptors (Lipinski definition) is 2. The summed E-state index contributed by atoms with van der Waals surface area (Å²) in [6.07, 6.45) is 1.68. The third-order valence-electron chi connectivity index (χ3n) is 2.67. The molecule has 0 radical (unpaired) electrons.